The normalized spacial score (nSPS) is 23.3. The lowest BCUT2D eigenvalue weighted by molar-refractivity contribution is -0.150. The van der Waals surface area contributed by atoms with Gasteiger partial charge in [-0.2, -0.15) is 0 Å². The van der Waals surface area contributed by atoms with Crippen molar-refractivity contribution in [3.8, 4) is 0 Å². The second-order valence-corrected chi connectivity index (χ2v) is 5.80. The molecule has 0 aromatic heterocycles. The largest absolute Gasteiger partial charge is 0.465 e. The van der Waals surface area contributed by atoms with Crippen molar-refractivity contribution in [2.45, 2.75) is 52.0 Å². The van der Waals surface area contributed by atoms with E-state index in [2.05, 4.69) is 17.1 Å². The van der Waals surface area contributed by atoms with E-state index in [1.54, 1.807) is 0 Å². The molecule has 1 fully saturated rings. The first-order valence-corrected chi connectivity index (χ1v) is 7.64. The van der Waals surface area contributed by atoms with Crippen molar-refractivity contribution < 1.29 is 9.53 Å². The summed E-state index contributed by atoms with van der Waals surface area (Å²) in [5.74, 6) is 0.718. The van der Waals surface area contributed by atoms with Gasteiger partial charge in [-0.05, 0) is 52.6 Å². The van der Waals surface area contributed by atoms with Gasteiger partial charge in [0.25, 0.3) is 0 Å². The lowest BCUT2D eigenvalue weighted by atomic mass is 9.98. The van der Waals surface area contributed by atoms with Crippen molar-refractivity contribution in [2.24, 2.45) is 5.92 Å². The van der Waals surface area contributed by atoms with Crippen molar-refractivity contribution >= 4 is 5.97 Å². The zero-order valence-corrected chi connectivity index (χ0v) is 13.0. The molecular formula is C15H30N2O2. The van der Waals surface area contributed by atoms with Crippen LogP contribution in [0.2, 0.25) is 0 Å². The molecule has 0 amide bonds. The van der Waals surface area contributed by atoms with Gasteiger partial charge in [0.05, 0.1) is 6.61 Å². The Bertz CT molecular complexity index is 283. The molecule has 0 aromatic carbocycles. The van der Waals surface area contributed by atoms with Crippen LogP contribution in [0.1, 0.15) is 46.5 Å². The number of esters is 1. The van der Waals surface area contributed by atoms with Crippen molar-refractivity contribution in [2.75, 3.05) is 33.3 Å². The first-order chi connectivity index (χ1) is 9.05. The van der Waals surface area contributed by atoms with Crippen molar-refractivity contribution in [1.82, 2.24) is 10.2 Å². The summed E-state index contributed by atoms with van der Waals surface area (Å²) in [4.78, 5) is 14.4. The number of ether oxygens (including phenoxy) is 1. The Balaban J connectivity index is 2.39. The highest BCUT2D eigenvalue weighted by atomic mass is 16.5. The van der Waals surface area contributed by atoms with Gasteiger partial charge in [-0.15, -0.1) is 0 Å². The third kappa shape index (κ3) is 4.77. The highest BCUT2D eigenvalue weighted by molar-refractivity contribution is 5.80. The molecule has 0 aromatic rings. The molecule has 4 nitrogen and oxygen atoms in total. The smallest absolute Gasteiger partial charge is 0.326 e. The van der Waals surface area contributed by atoms with Gasteiger partial charge in [0, 0.05) is 13.1 Å². The third-order valence-corrected chi connectivity index (χ3v) is 4.27. The van der Waals surface area contributed by atoms with E-state index in [1.807, 2.05) is 20.9 Å². The van der Waals surface area contributed by atoms with Crippen LogP contribution in [-0.2, 0) is 9.53 Å². The molecule has 19 heavy (non-hydrogen) atoms. The number of carbonyl (C=O) groups is 1. The van der Waals surface area contributed by atoms with Gasteiger partial charge in [0.1, 0.15) is 5.54 Å². The lowest BCUT2D eigenvalue weighted by Crippen LogP contribution is -2.50. The predicted molar refractivity (Wildman–Crippen MR) is 78.2 cm³/mol. The summed E-state index contributed by atoms with van der Waals surface area (Å²) in [6.07, 6.45) is 4.72. The summed E-state index contributed by atoms with van der Waals surface area (Å²) in [5.41, 5.74) is -0.557. The van der Waals surface area contributed by atoms with E-state index in [1.165, 1.54) is 32.4 Å². The van der Waals surface area contributed by atoms with Crippen LogP contribution in [0.3, 0.4) is 0 Å². The van der Waals surface area contributed by atoms with E-state index in [0.717, 1.165) is 18.9 Å². The maximum atomic E-state index is 12.0. The third-order valence-electron chi connectivity index (χ3n) is 4.27. The van der Waals surface area contributed by atoms with E-state index in [0.29, 0.717) is 6.61 Å². The van der Waals surface area contributed by atoms with Gasteiger partial charge in [-0.25, -0.2) is 0 Å². The molecule has 0 bridgehead atoms. The minimum Gasteiger partial charge on any atom is -0.465 e. The minimum atomic E-state index is -0.557. The van der Waals surface area contributed by atoms with Gasteiger partial charge in [0.15, 0.2) is 0 Å². The van der Waals surface area contributed by atoms with Gasteiger partial charge in [-0.1, -0.05) is 13.3 Å². The Morgan fingerprint density at radius 1 is 1.47 bits per heavy atom. The minimum absolute atomic E-state index is 0.137. The molecule has 1 saturated heterocycles. The number of rotatable bonds is 8. The quantitative estimate of drug-likeness (QED) is 0.685. The van der Waals surface area contributed by atoms with Crippen LogP contribution in [0.15, 0.2) is 0 Å². The van der Waals surface area contributed by atoms with Crippen LogP contribution in [-0.4, -0.2) is 49.7 Å². The molecule has 4 heteroatoms. The second kappa shape index (κ2) is 7.85. The second-order valence-electron chi connectivity index (χ2n) is 5.80. The maximum absolute atomic E-state index is 12.0. The molecule has 0 spiro atoms. The summed E-state index contributed by atoms with van der Waals surface area (Å²) in [7, 11) is 1.83. The van der Waals surface area contributed by atoms with Gasteiger partial charge >= 0.3 is 5.97 Å². The Morgan fingerprint density at radius 2 is 2.21 bits per heavy atom. The molecule has 1 aliphatic heterocycles. The molecule has 2 atom stereocenters. The highest BCUT2D eigenvalue weighted by Crippen LogP contribution is 2.22. The van der Waals surface area contributed by atoms with Crippen LogP contribution >= 0.6 is 0 Å². The zero-order valence-electron chi connectivity index (χ0n) is 13.0. The number of hydrogen-bond acceptors (Lipinski definition) is 4. The van der Waals surface area contributed by atoms with E-state index in [-0.39, 0.29) is 5.97 Å². The van der Waals surface area contributed by atoms with E-state index in [9.17, 15) is 4.79 Å². The van der Waals surface area contributed by atoms with E-state index >= 15 is 0 Å². The number of likely N-dealkylation sites (N-methyl/N-ethyl adjacent to an activating group) is 1. The van der Waals surface area contributed by atoms with Gasteiger partial charge < -0.3 is 15.0 Å². The molecule has 0 radical (unpaired) electrons. The summed E-state index contributed by atoms with van der Waals surface area (Å²) < 4.78 is 5.15. The molecule has 1 aliphatic rings. The maximum Gasteiger partial charge on any atom is 0.326 e. The molecule has 1 heterocycles. The summed E-state index contributed by atoms with van der Waals surface area (Å²) in [6.45, 7) is 9.81. The SMILES string of the molecule is CCCC1CCN(CCC(C)(NC)C(=O)OCC)C1. The number of nitrogens with zero attached hydrogens (tertiary/aromatic N) is 1. The highest BCUT2D eigenvalue weighted by Gasteiger charge is 2.34. The fourth-order valence-corrected chi connectivity index (χ4v) is 2.76. The number of carbonyl (C=O) groups excluding carboxylic acids is 1. The van der Waals surface area contributed by atoms with Crippen molar-refractivity contribution in [3.05, 3.63) is 0 Å². The fraction of sp³-hybridized carbons (Fsp3) is 0.933. The molecule has 1 rings (SSSR count). The molecule has 0 saturated carbocycles. The molecule has 2 unspecified atom stereocenters. The number of hydrogen-bond donors (Lipinski definition) is 1. The molecule has 1 N–H and O–H groups in total. The van der Waals surface area contributed by atoms with E-state index in [4.69, 9.17) is 4.74 Å². The standard InChI is InChI=1S/C15H30N2O2/c1-5-7-13-8-10-17(12-13)11-9-15(3,16-4)14(18)19-6-2/h13,16H,5-12H2,1-4H3. The average molecular weight is 270 g/mol. The Hall–Kier alpha value is -0.610. The summed E-state index contributed by atoms with van der Waals surface area (Å²) >= 11 is 0. The van der Waals surface area contributed by atoms with Crippen LogP contribution in [0.5, 0.6) is 0 Å². The fourth-order valence-electron chi connectivity index (χ4n) is 2.76. The summed E-state index contributed by atoms with van der Waals surface area (Å²) in [5, 5.41) is 3.12. The van der Waals surface area contributed by atoms with Gasteiger partial charge in [0.2, 0.25) is 0 Å². The monoisotopic (exact) mass is 270 g/mol. The lowest BCUT2D eigenvalue weighted by Gasteiger charge is -2.29. The van der Waals surface area contributed by atoms with Gasteiger partial charge in [-0.3, -0.25) is 4.79 Å². The number of likely N-dealkylation sites (tertiary alicyclic amines) is 1. The molecule has 112 valence electrons. The first-order valence-electron chi connectivity index (χ1n) is 7.64. The van der Waals surface area contributed by atoms with Crippen LogP contribution in [0.25, 0.3) is 0 Å². The van der Waals surface area contributed by atoms with Crippen molar-refractivity contribution in [3.63, 3.8) is 0 Å². The van der Waals surface area contributed by atoms with Crippen molar-refractivity contribution in [1.29, 1.82) is 0 Å². The first kappa shape index (κ1) is 16.4. The number of nitrogens with one attached hydrogen (secondary N) is 1. The zero-order chi connectivity index (χ0) is 14.3. The molecular weight excluding hydrogens is 240 g/mol. The Labute approximate surface area is 117 Å². The summed E-state index contributed by atoms with van der Waals surface area (Å²) in [6, 6.07) is 0. The Morgan fingerprint density at radius 3 is 2.79 bits per heavy atom. The topological polar surface area (TPSA) is 41.6 Å². The van der Waals surface area contributed by atoms with Crippen LogP contribution in [0.4, 0.5) is 0 Å². The average Bonchev–Trinajstić information content (AvgIpc) is 2.84. The van der Waals surface area contributed by atoms with E-state index < -0.39 is 5.54 Å². The predicted octanol–water partition coefficient (Wildman–Crippen LogP) is 2.04. The van der Waals surface area contributed by atoms with Crippen LogP contribution < -0.4 is 5.32 Å². The van der Waals surface area contributed by atoms with Crippen LogP contribution in [0, 0.1) is 5.92 Å². The molecule has 0 aliphatic carbocycles. The Kier molecular flexibility index (Phi) is 6.80.